The second kappa shape index (κ2) is 4.14. The maximum absolute atomic E-state index is 5.73. The Morgan fingerprint density at radius 1 is 1.36 bits per heavy atom. The van der Waals surface area contributed by atoms with Crippen LogP contribution in [0.4, 0.5) is 0 Å². The van der Waals surface area contributed by atoms with Crippen LogP contribution in [0.3, 0.4) is 0 Å². The Kier molecular flexibility index (Phi) is 3.07. The lowest BCUT2D eigenvalue weighted by molar-refractivity contribution is -0.362. The van der Waals surface area contributed by atoms with Crippen molar-refractivity contribution >= 4 is 0 Å². The molecule has 0 aromatic rings. The Balaban J connectivity index is 1.87. The highest BCUT2D eigenvalue weighted by atomic mass is 16.9. The van der Waals surface area contributed by atoms with Crippen LogP contribution in [-0.2, 0) is 18.9 Å². The maximum atomic E-state index is 5.73. The predicted octanol–water partition coefficient (Wildman–Crippen LogP) is 1.29. The number of ether oxygens (including phenoxy) is 4. The van der Waals surface area contributed by atoms with Gasteiger partial charge in [0.2, 0.25) is 0 Å². The van der Waals surface area contributed by atoms with Crippen molar-refractivity contribution in [3.63, 3.8) is 0 Å². The van der Waals surface area contributed by atoms with Crippen LogP contribution in [-0.4, -0.2) is 38.5 Å². The first-order valence-corrected chi connectivity index (χ1v) is 5.26. The zero-order chi connectivity index (χ0) is 10.0. The molecule has 0 saturated carbocycles. The summed E-state index contributed by atoms with van der Waals surface area (Å²) in [6, 6.07) is 0. The fourth-order valence-electron chi connectivity index (χ4n) is 1.85. The van der Waals surface area contributed by atoms with Crippen molar-refractivity contribution in [3.8, 4) is 0 Å². The molecule has 2 aliphatic rings. The van der Waals surface area contributed by atoms with Crippen molar-refractivity contribution in [2.75, 3.05) is 20.3 Å². The van der Waals surface area contributed by atoms with E-state index in [-0.39, 0.29) is 12.2 Å². The minimum Gasteiger partial charge on any atom is -0.379 e. The minimum atomic E-state index is -0.754. The molecule has 0 aromatic heterocycles. The van der Waals surface area contributed by atoms with E-state index in [1.807, 2.05) is 0 Å². The Labute approximate surface area is 84.5 Å². The van der Waals surface area contributed by atoms with Gasteiger partial charge >= 0.3 is 0 Å². The van der Waals surface area contributed by atoms with E-state index in [9.17, 15) is 0 Å². The summed E-state index contributed by atoms with van der Waals surface area (Å²) >= 11 is 0. The molecule has 1 spiro atoms. The van der Waals surface area contributed by atoms with Crippen molar-refractivity contribution in [1.82, 2.24) is 0 Å². The number of rotatable bonds is 2. The SMILES string of the molecule is CCC1CO[C@]2(CCC(OC)CO2)O1. The van der Waals surface area contributed by atoms with Gasteiger partial charge in [-0.25, -0.2) is 0 Å². The minimum absolute atomic E-state index is 0.188. The lowest BCUT2D eigenvalue weighted by atomic mass is 10.1. The lowest BCUT2D eigenvalue weighted by Crippen LogP contribution is -2.43. The Morgan fingerprint density at radius 2 is 2.14 bits per heavy atom. The van der Waals surface area contributed by atoms with Crippen molar-refractivity contribution in [2.24, 2.45) is 0 Å². The third kappa shape index (κ3) is 1.93. The molecule has 2 unspecified atom stereocenters. The van der Waals surface area contributed by atoms with Gasteiger partial charge in [0.1, 0.15) is 0 Å². The van der Waals surface area contributed by atoms with Gasteiger partial charge in [0, 0.05) is 13.5 Å². The van der Waals surface area contributed by atoms with Gasteiger partial charge in [0.25, 0.3) is 5.97 Å². The van der Waals surface area contributed by atoms with Gasteiger partial charge in [-0.15, -0.1) is 0 Å². The Hall–Kier alpha value is -0.160. The summed E-state index contributed by atoms with van der Waals surface area (Å²) < 4.78 is 22.1. The lowest BCUT2D eigenvalue weighted by Gasteiger charge is -2.34. The summed E-state index contributed by atoms with van der Waals surface area (Å²) in [5, 5.41) is 0. The molecule has 0 amide bonds. The van der Waals surface area contributed by atoms with Gasteiger partial charge < -0.3 is 18.9 Å². The predicted molar refractivity (Wildman–Crippen MR) is 49.8 cm³/mol. The molecule has 2 fully saturated rings. The van der Waals surface area contributed by atoms with Crippen LogP contribution >= 0.6 is 0 Å². The molecule has 82 valence electrons. The van der Waals surface area contributed by atoms with E-state index in [1.54, 1.807) is 7.11 Å². The monoisotopic (exact) mass is 202 g/mol. The van der Waals surface area contributed by atoms with Gasteiger partial charge in [-0.2, -0.15) is 0 Å². The molecule has 0 aromatic carbocycles. The average Bonchev–Trinajstić information content (AvgIpc) is 2.63. The molecule has 2 heterocycles. The van der Waals surface area contributed by atoms with Crippen molar-refractivity contribution < 1.29 is 18.9 Å². The summed E-state index contributed by atoms with van der Waals surface area (Å²) in [6.07, 6.45) is 3.05. The highest BCUT2D eigenvalue weighted by Gasteiger charge is 2.45. The fourth-order valence-corrected chi connectivity index (χ4v) is 1.85. The van der Waals surface area contributed by atoms with Crippen LogP contribution in [0.15, 0.2) is 0 Å². The third-order valence-electron chi connectivity index (χ3n) is 2.89. The summed E-state index contributed by atoms with van der Waals surface area (Å²) in [5.74, 6) is -0.754. The quantitative estimate of drug-likeness (QED) is 0.676. The number of methoxy groups -OCH3 is 1. The fraction of sp³-hybridized carbons (Fsp3) is 1.00. The zero-order valence-electron chi connectivity index (χ0n) is 8.82. The highest BCUT2D eigenvalue weighted by molar-refractivity contribution is 4.77. The van der Waals surface area contributed by atoms with Crippen LogP contribution in [0.5, 0.6) is 0 Å². The van der Waals surface area contributed by atoms with Gasteiger partial charge in [-0.3, -0.25) is 0 Å². The van der Waals surface area contributed by atoms with Crippen molar-refractivity contribution in [2.45, 2.75) is 44.4 Å². The highest BCUT2D eigenvalue weighted by Crippen LogP contribution is 2.34. The zero-order valence-corrected chi connectivity index (χ0v) is 8.82. The van der Waals surface area contributed by atoms with Crippen LogP contribution in [0.2, 0.25) is 0 Å². The molecule has 14 heavy (non-hydrogen) atoms. The first-order valence-electron chi connectivity index (χ1n) is 5.26. The van der Waals surface area contributed by atoms with E-state index >= 15 is 0 Å². The second-order valence-electron chi connectivity index (χ2n) is 3.85. The molecule has 4 heteroatoms. The van der Waals surface area contributed by atoms with Crippen LogP contribution < -0.4 is 0 Å². The van der Waals surface area contributed by atoms with Crippen LogP contribution in [0.25, 0.3) is 0 Å². The second-order valence-corrected chi connectivity index (χ2v) is 3.85. The molecule has 4 nitrogen and oxygen atoms in total. The van der Waals surface area contributed by atoms with Crippen molar-refractivity contribution in [3.05, 3.63) is 0 Å². The first kappa shape index (κ1) is 10.4. The molecule has 0 aliphatic carbocycles. The maximum Gasteiger partial charge on any atom is 0.283 e. The summed E-state index contributed by atoms with van der Waals surface area (Å²) in [6.45, 7) is 3.30. The van der Waals surface area contributed by atoms with Gasteiger partial charge in [0.15, 0.2) is 0 Å². The molecule has 0 radical (unpaired) electrons. The van der Waals surface area contributed by atoms with E-state index in [1.165, 1.54) is 0 Å². The van der Waals surface area contributed by atoms with E-state index in [0.29, 0.717) is 13.2 Å². The molecule has 2 saturated heterocycles. The van der Waals surface area contributed by atoms with E-state index < -0.39 is 5.97 Å². The summed E-state index contributed by atoms with van der Waals surface area (Å²) in [4.78, 5) is 0. The largest absolute Gasteiger partial charge is 0.379 e. The van der Waals surface area contributed by atoms with Crippen LogP contribution in [0.1, 0.15) is 26.2 Å². The molecule has 3 atom stereocenters. The number of hydrogen-bond acceptors (Lipinski definition) is 4. The molecule has 0 N–H and O–H groups in total. The topological polar surface area (TPSA) is 36.9 Å². The molecular formula is C10H18O4. The normalized spacial score (nSPS) is 43.3. The summed E-state index contributed by atoms with van der Waals surface area (Å²) in [7, 11) is 1.71. The molecular weight excluding hydrogens is 184 g/mol. The Morgan fingerprint density at radius 3 is 2.64 bits per heavy atom. The van der Waals surface area contributed by atoms with Gasteiger partial charge in [-0.1, -0.05) is 6.92 Å². The standard InChI is InChI=1S/C10H18O4/c1-3-8-6-12-10(14-8)5-4-9(11-2)7-13-10/h8-9H,3-7H2,1-2H3/t8?,9?,10-/m0/s1. The van der Waals surface area contributed by atoms with E-state index in [4.69, 9.17) is 18.9 Å². The smallest absolute Gasteiger partial charge is 0.283 e. The molecule has 2 rings (SSSR count). The molecule has 2 aliphatic heterocycles. The van der Waals surface area contributed by atoms with Gasteiger partial charge in [0.05, 0.1) is 25.4 Å². The average molecular weight is 202 g/mol. The first-order chi connectivity index (χ1) is 6.78. The van der Waals surface area contributed by atoms with Crippen molar-refractivity contribution in [1.29, 1.82) is 0 Å². The van der Waals surface area contributed by atoms with E-state index in [0.717, 1.165) is 19.3 Å². The van der Waals surface area contributed by atoms with E-state index in [2.05, 4.69) is 6.92 Å². The summed E-state index contributed by atoms with van der Waals surface area (Å²) in [5.41, 5.74) is 0. The van der Waals surface area contributed by atoms with Gasteiger partial charge in [-0.05, 0) is 12.8 Å². The third-order valence-corrected chi connectivity index (χ3v) is 2.89. The van der Waals surface area contributed by atoms with Crippen LogP contribution in [0, 0.1) is 0 Å². The number of hydrogen-bond donors (Lipinski definition) is 0. The Bertz CT molecular complexity index is 187. The molecule has 0 bridgehead atoms.